The molecule has 0 aromatic carbocycles. The monoisotopic (exact) mass is 242 g/mol. The summed E-state index contributed by atoms with van der Waals surface area (Å²) in [4.78, 5) is 9.79. The van der Waals surface area contributed by atoms with E-state index in [1.54, 1.807) is 0 Å². The van der Waals surface area contributed by atoms with E-state index in [1.165, 1.54) is 0 Å². The topological polar surface area (TPSA) is 83.2 Å². The molecule has 0 bridgehead atoms. The fraction of sp³-hybridized carbons (Fsp3) is 0.500. The third-order valence-corrected chi connectivity index (χ3v) is 1.16. The van der Waals surface area contributed by atoms with Crippen LogP contribution in [0.2, 0.25) is 0 Å². The maximum Gasteiger partial charge on any atom is 0.422 e. The molecule has 90 valence electrons. The van der Waals surface area contributed by atoms with E-state index < -0.39 is 37.6 Å². The summed E-state index contributed by atoms with van der Waals surface area (Å²) in [5.41, 5.74) is 5.10. The number of rotatable bonds is 4. The van der Waals surface area contributed by atoms with Gasteiger partial charge in [0.1, 0.15) is 0 Å². The Kier molecular flexibility index (Phi) is 3.64. The molecule has 0 fully saturated rings. The summed E-state index contributed by atoms with van der Waals surface area (Å²) >= 11 is 0. The highest BCUT2D eigenvalue weighted by Gasteiger charge is 2.29. The molecule has 0 amide bonds. The zero-order chi connectivity index (χ0) is 12.2. The van der Waals surface area contributed by atoms with Crippen molar-refractivity contribution in [2.45, 2.75) is 6.18 Å². The smallest absolute Gasteiger partial charge is 0.422 e. The Hall–Kier alpha value is -1.87. The number of halogens is 4. The first-order valence-electron chi connectivity index (χ1n) is 3.80. The van der Waals surface area contributed by atoms with Crippen LogP contribution in [0.25, 0.3) is 0 Å². The van der Waals surface area contributed by atoms with Crippen molar-refractivity contribution in [1.82, 2.24) is 15.0 Å². The zero-order valence-corrected chi connectivity index (χ0v) is 7.66. The molecule has 0 saturated carbocycles. The first-order chi connectivity index (χ1) is 7.40. The average Bonchev–Trinajstić information content (AvgIpc) is 2.13. The molecule has 6 nitrogen and oxygen atoms in total. The van der Waals surface area contributed by atoms with Gasteiger partial charge in [-0.3, -0.25) is 0 Å². The summed E-state index contributed by atoms with van der Waals surface area (Å²) in [6.07, 6.45) is -4.54. The first kappa shape index (κ1) is 12.2. The van der Waals surface area contributed by atoms with Crippen molar-refractivity contribution in [2.75, 3.05) is 19.2 Å². The number of hydrogen-bond donors (Lipinski definition) is 1. The SMILES string of the molecule is Nc1nc(OCF)nc(OCC(F)(F)F)n1. The molecule has 0 unspecified atom stereocenters. The van der Waals surface area contributed by atoms with Gasteiger partial charge in [0.15, 0.2) is 6.61 Å². The summed E-state index contributed by atoms with van der Waals surface area (Å²) in [6.45, 7) is -2.84. The predicted octanol–water partition coefficient (Wildman–Crippen LogP) is 0.701. The number of nitrogen functional groups attached to an aromatic ring is 1. The molecule has 0 aliphatic heterocycles. The fourth-order valence-corrected chi connectivity index (χ4v) is 0.677. The molecular weight excluding hydrogens is 236 g/mol. The van der Waals surface area contributed by atoms with Crippen LogP contribution in [-0.4, -0.2) is 34.6 Å². The molecule has 1 heterocycles. The number of alkyl halides is 4. The van der Waals surface area contributed by atoms with E-state index in [0.717, 1.165) is 0 Å². The maximum atomic E-state index is 11.8. The largest absolute Gasteiger partial charge is 0.454 e. The van der Waals surface area contributed by atoms with E-state index in [4.69, 9.17) is 5.73 Å². The third-order valence-electron chi connectivity index (χ3n) is 1.16. The average molecular weight is 242 g/mol. The molecule has 16 heavy (non-hydrogen) atoms. The van der Waals surface area contributed by atoms with E-state index in [-0.39, 0.29) is 0 Å². The molecule has 0 spiro atoms. The molecule has 10 heteroatoms. The van der Waals surface area contributed by atoms with Crippen LogP contribution < -0.4 is 15.2 Å². The van der Waals surface area contributed by atoms with Crippen molar-refractivity contribution in [1.29, 1.82) is 0 Å². The van der Waals surface area contributed by atoms with E-state index in [0.29, 0.717) is 0 Å². The highest BCUT2D eigenvalue weighted by Crippen LogP contribution is 2.17. The van der Waals surface area contributed by atoms with Gasteiger partial charge in [-0.15, -0.1) is 4.98 Å². The lowest BCUT2D eigenvalue weighted by Gasteiger charge is -2.08. The quantitative estimate of drug-likeness (QED) is 0.782. The Labute approximate surface area is 86.4 Å². The van der Waals surface area contributed by atoms with Crippen LogP contribution in [0.4, 0.5) is 23.5 Å². The fourth-order valence-electron chi connectivity index (χ4n) is 0.677. The van der Waals surface area contributed by atoms with Gasteiger partial charge in [-0.05, 0) is 0 Å². The van der Waals surface area contributed by atoms with Crippen LogP contribution in [0.5, 0.6) is 12.0 Å². The van der Waals surface area contributed by atoms with Gasteiger partial charge in [0.05, 0.1) is 0 Å². The number of aromatic nitrogens is 3. The van der Waals surface area contributed by atoms with Crippen LogP contribution in [0, 0.1) is 0 Å². The van der Waals surface area contributed by atoms with Gasteiger partial charge in [0.25, 0.3) is 0 Å². The van der Waals surface area contributed by atoms with E-state index in [2.05, 4.69) is 24.4 Å². The highest BCUT2D eigenvalue weighted by molar-refractivity contribution is 5.20. The van der Waals surface area contributed by atoms with Crippen LogP contribution in [-0.2, 0) is 0 Å². The number of nitrogens with two attached hydrogens (primary N) is 1. The molecular formula is C6H6F4N4O2. The number of hydrogen-bond acceptors (Lipinski definition) is 6. The lowest BCUT2D eigenvalue weighted by molar-refractivity contribution is -0.154. The first-order valence-corrected chi connectivity index (χ1v) is 3.80. The molecule has 0 radical (unpaired) electrons. The summed E-state index contributed by atoms with van der Waals surface area (Å²) in [7, 11) is 0. The van der Waals surface area contributed by atoms with Crippen molar-refractivity contribution in [3.63, 3.8) is 0 Å². The van der Waals surface area contributed by atoms with Gasteiger partial charge < -0.3 is 15.2 Å². The van der Waals surface area contributed by atoms with E-state index >= 15 is 0 Å². The van der Waals surface area contributed by atoms with Gasteiger partial charge in [-0.2, -0.15) is 23.1 Å². The minimum Gasteiger partial charge on any atom is -0.454 e. The van der Waals surface area contributed by atoms with Crippen LogP contribution in [0.15, 0.2) is 0 Å². The molecule has 1 aromatic heterocycles. The number of nitrogens with zero attached hydrogens (tertiary/aromatic N) is 3. The summed E-state index contributed by atoms with van der Waals surface area (Å²) < 4.78 is 55.4. The predicted molar refractivity (Wildman–Crippen MR) is 42.4 cm³/mol. The second-order valence-corrected chi connectivity index (χ2v) is 2.42. The van der Waals surface area contributed by atoms with Gasteiger partial charge in [-0.25, -0.2) is 4.39 Å². The van der Waals surface area contributed by atoms with Gasteiger partial charge in [-0.1, -0.05) is 0 Å². The third kappa shape index (κ3) is 4.11. The molecule has 1 rings (SSSR count). The molecule has 0 aliphatic carbocycles. The Morgan fingerprint density at radius 1 is 1.06 bits per heavy atom. The molecule has 0 atom stereocenters. The Bertz CT molecular complexity index is 359. The van der Waals surface area contributed by atoms with Crippen molar-refractivity contribution in [2.24, 2.45) is 0 Å². The van der Waals surface area contributed by atoms with Crippen molar-refractivity contribution >= 4 is 5.95 Å². The zero-order valence-electron chi connectivity index (χ0n) is 7.66. The summed E-state index contributed by atoms with van der Waals surface area (Å²) in [6, 6.07) is -1.24. The normalized spacial score (nSPS) is 11.2. The second kappa shape index (κ2) is 4.77. The second-order valence-electron chi connectivity index (χ2n) is 2.42. The van der Waals surface area contributed by atoms with Gasteiger partial charge >= 0.3 is 18.2 Å². The summed E-state index contributed by atoms with van der Waals surface area (Å²) in [5, 5.41) is 0. The Balaban J connectivity index is 2.72. The van der Waals surface area contributed by atoms with Crippen molar-refractivity contribution in [3.8, 4) is 12.0 Å². The summed E-state index contributed by atoms with van der Waals surface area (Å²) in [5.74, 6) is -0.435. The molecule has 2 N–H and O–H groups in total. The van der Waals surface area contributed by atoms with Crippen LogP contribution in [0.3, 0.4) is 0 Å². The lowest BCUT2D eigenvalue weighted by Crippen LogP contribution is -2.20. The van der Waals surface area contributed by atoms with E-state index in [9.17, 15) is 17.6 Å². The Morgan fingerprint density at radius 3 is 2.12 bits per heavy atom. The van der Waals surface area contributed by atoms with Gasteiger partial charge in [0.2, 0.25) is 12.8 Å². The van der Waals surface area contributed by atoms with Crippen LogP contribution >= 0.6 is 0 Å². The van der Waals surface area contributed by atoms with E-state index in [1.807, 2.05) is 0 Å². The highest BCUT2D eigenvalue weighted by atomic mass is 19.4. The molecule has 0 aliphatic rings. The van der Waals surface area contributed by atoms with Crippen molar-refractivity contribution < 1.29 is 27.0 Å². The van der Waals surface area contributed by atoms with Gasteiger partial charge in [0, 0.05) is 0 Å². The lowest BCUT2D eigenvalue weighted by atomic mass is 10.7. The Morgan fingerprint density at radius 2 is 1.62 bits per heavy atom. The number of ether oxygens (including phenoxy) is 2. The maximum absolute atomic E-state index is 11.8. The minimum atomic E-state index is -4.54. The molecule has 0 saturated heterocycles. The molecule has 1 aromatic rings. The van der Waals surface area contributed by atoms with Crippen LogP contribution in [0.1, 0.15) is 0 Å². The number of anilines is 1. The standard InChI is InChI=1S/C6H6F4N4O2/c7-2-16-5-13-3(11)12-4(14-5)15-1-6(8,9)10/h1-2H2,(H2,11,12,13,14). The van der Waals surface area contributed by atoms with Crippen molar-refractivity contribution in [3.05, 3.63) is 0 Å². The minimum absolute atomic E-state index is 0.435.